The lowest BCUT2D eigenvalue weighted by Gasteiger charge is -2.13. The number of thioether (sulfide) groups is 1. The van der Waals surface area contributed by atoms with E-state index < -0.39 is 0 Å². The number of hydrogen-bond acceptors (Lipinski definition) is 6. The Morgan fingerprint density at radius 2 is 1.55 bits per heavy atom. The summed E-state index contributed by atoms with van der Waals surface area (Å²) in [4.78, 5) is 15.0. The van der Waals surface area contributed by atoms with Crippen molar-refractivity contribution in [1.82, 2.24) is 0 Å². The largest absolute Gasteiger partial charge is 0.493 e. The number of carbonyl (C=O) groups excluding carboxylic acids is 1. The molecule has 0 bridgehead atoms. The van der Waals surface area contributed by atoms with Gasteiger partial charge in [0.05, 0.1) is 30.9 Å². The SMILES string of the molecule is COc1ccccc1OCCCOc1ccc(C=C2SC(=S)N(c3ccccc3)C2=O)cc1. The molecule has 7 heteroatoms. The van der Waals surface area contributed by atoms with Gasteiger partial charge in [-0.2, -0.15) is 0 Å². The van der Waals surface area contributed by atoms with Gasteiger partial charge in [0.1, 0.15) is 5.75 Å². The second-order valence-corrected chi connectivity index (χ2v) is 8.80. The van der Waals surface area contributed by atoms with Crippen molar-refractivity contribution >= 4 is 46.0 Å². The Labute approximate surface area is 203 Å². The first kappa shape index (κ1) is 22.9. The molecule has 3 aromatic rings. The number of thiocarbonyl (C=S) groups is 1. The van der Waals surface area contributed by atoms with Crippen LogP contribution in [-0.4, -0.2) is 30.6 Å². The zero-order valence-electron chi connectivity index (χ0n) is 18.1. The fraction of sp³-hybridized carbons (Fsp3) is 0.154. The molecular formula is C26H23NO4S2. The molecule has 0 N–H and O–H groups in total. The monoisotopic (exact) mass is 477 g/mol. The van der Waals surface area contributed by atoms with E-state index in [1.807, 2.05) is 84.9 Å². The summed E-state index contributed by atoms with van der Waals surface area (Å²) in [5.41, 5.74) is 1.69. The minimum atomic E-state index is -0.105. The van der Waals surface area contributed by atoms with E-state index in [0.29, 0.717) is 22.4 Å². The summed E-state index contributed by atoms with van der Waals surface area (Å²) in [5, 5.41) is 0. The number of benzene rings is 3. The van der Waals surface area contributed by atoms with Crippen molar-refractivity contribution in [3.8, 4) is 17.2 Å². The Hall–Kier alpha value is -3.29. The molecule has 0 spiro atoms. The molecule has 1 aliphatic heterocycles. The van der Waals surface area contributed by atoms with E-state index in [4.69, 9.17) is 26.4 Å². The Morgan fingerprint density at radius 3 is 2.27 bits per heavy atom. The highest BCUT2D eigenvalue weighted by Crippen LogP contribution is 2.36. The van der Waals surface area contributed by atoms with Gasteiger partial charge in [0.2, 0.25) is 0 Å². The molecule has 0 saturated carbocycles. The molecule has 3 aromatic carbocycles. The number of methoxy groups -OCH3 is 1. The van der Waals surface area contributed by atoms with Crippen molar-refractivity contribution in [3.63, 3.8) is 0 Å². The molecule has 0 atom stereocenters. The minimum absolute atomic E-state index is 0.105. The number of hydrogen-bond donors (Lipinski definition) is 0. The average molecular weight is 478 g/mol. The van der Waals surface area contributed by atoms with Crippen LogP contribution in [0.2, 0.25) is 0 Å². The van der Waals surface area contributed by atoms with Crippen LogP contribution in [0.15, 0.2) is 83.8 Å². The summed E-state index contributed by atoms with van der Waals surface area (Å²) in [7, 11) is 1.62. The zero-order valence-corrected chi connectivity index (χ0v) is 19.7. The van der Waals surface area contributed by atoms with Crippen LogP contribution in [-0.2, 0) is 4.79 Å². The van der Waals surface area contributed by atoms with Crippen molar-refractivity contribution in [2.24, 2.45) is 0 Å². The number of ether oxygens (including phenoxy) is 3. The van der Waals surface area contributed by atoms with E-state index in [1.165, 1.54) is 11.8 Å². The number of anilines is 1. The van der Waals surface area contributed by atoms with Crippen LogP contribution in [0.5, 0.6) is 17.2 Å². The van der Waals surface area contributed by atoms with E-state index in [0.717, 1.165) is 34.9 Å². The van der Waals surface area contributed by atoms with Gasteiger partial charge >= 0.3 is 0 Å². The Kier molecular flexibility index (Phi) is 7.65. The molecule has 1 amide bonds. The molecule has 1 saturated heterocycles. The summed E-state index contributed by atoms with van der Waals surface area (Å²) in [6.45, 7) is 1.06. The zero-order chi connectivity index (χ0) is 23.0. The lowest BCUT2D eigenvalue weighted by molar-refractivity contribution is -0.113. The summed E-state index contributed by atoms with van der Waals surface area (Å²) in [6, 6.07) is 24.7. The van der Waals surface area contributed by atoms with Crippen molar-refractivity contribution in [3.05, 3.63) is 89.3 Å². The van der Waals surface area contributed by atoms with E-state index in [1.54, 1.807) is 12.0 Å². The fourth-order valence-corrected chi connectivity index (χ4v) is 4.55. The van der Waals surface area contributed by atoms with Crippen molar-refractivity contribution in [2.45, 2.75) is 6.42 Å². The van der Waals surface area contributed by atoms with Crippen molar-refractivity contribution in [1.29, 1.82) is 0 Å². The fourth-order valence-electron chi connectivity index (χ4n) is 3.25. The first-order valence-corrected chi connectivity index (χ1v) is 11.7. The predicted molar refractivity (Wildman–Crippen MR) is 137 cm³/mol. The maximum Gasteiger partial charge on any atom is 0.270 e. The lowest BCUT2D eigenvalue weighted by atomic mass is 10.2. The predicted octanol–water partition coefficient (Wildman–Crippen LogP) is 5.95. The third-order valence-electron chi connectivity index (χ3n) is 4.87. The highest BCUT2D eigenvalue weighted by molar-refractivity contribution is 8.27. The van der Waals surface area contributed by atoms with Gasteiger partial charge in [-0.1, -0.05) is 66.4 Å². The van der Waals surface area contributed by atoms with Crippen LogP contribution in [0.25, 0.3) is 6.08 Å². The summed E-state index contributed by atoms with van der Waals surface area (Å²) in [6.07, 6.45) is 2.59. The number of para-hydroxylation sites is 3. The van der Waals surface area contributed by atoms with Crippen LogP contribution in [0, 0.1) is 0 Å². The van der Waals surface area contributed by atoms with Crippen LogP contribution >= 0.6 is 24.0 Å². The maximum absolute atomic E-state index is 12.8. The smallest absolute Gasteiger partial charge is 0.270 e. The Morgan fingerprint density at radius 1 is 0.879 bits per heavy atom. The van der Waals surface area contributed by atoms with Gasteiger partial charge in [-0.25, -0.2) is 0 Å². The van der Waals surface area contributed by atoms with E-state index in [-0.39, 0.29) is 5.91 Å². The van der Waals surface area contributed by atoms with E-state index in [9.17, 15) is 4.79 Å². The Bertz CT molecular complexity index is 1150. The van der Waals surface area contributed by atoms with Crippen LogP contribution < -0.4 is 19.1 Å². The highest BCUT2D eigenvalue weighted by Gasteiger charge is 2.33. The quantitative estimate of drug-likeness (QED) is 0.216. The van der Waals surface area contributed by atoms with Gasteiger partial charge < -0.3 is 14.2 Å². The average Bonchev–Trinajstić information content (AvgIpc) is 3.13. The van der Waals surface area contributed by atoms with Crippen molar-refractivity contribution in [2.75, 3.05) is 25.2 Å². The number of carbonyl (C=O) groups is 1. The normalized spacial score (nSPS) is 14.6. The van der Waals surface area contributed by atoms with Crippen molar-refractivity contribution < 1.29 is 19.0 Å². The third-order valence-corrected chi connectivity index (χ3v) is 6.17. The standard InChI is InChI=1S/C26H23NO4S2/c1-29-22-10-5-6-11-23(22)31-17-7-16-30-21-14-12-19(13-15-21)18-24-25(28)27(26(32)33-24)20-8-3-2-4-9-20/h2-6,8-15,18H,7,16-17H2,1H3. The minimum Gasteiger partial charge on any atom is -0.493 e. The molecular weight excluding hydrogens is 454 g/mol. The molecule has 0 aliphatic carbocycles. The van der Waals surface area contributed by atoms with Gasteiger partial charge in [-0.05, 0) is 48.0 Å². The number of amides is 1. The van der Waals surface area contributed by atoms with Gasteiger partial charge in [-0.3, -0.25) is 9.69 Å². The van der Waals surface area contributed by atoms with Crippen LogP contribution in [0.4, 0.5) is 5.69 Å². The summed E-state index contributed by atoms with van der Waals surface area (Å²) < 4.78 is 17.4. The molecule has 4 rings (SSSR count). The second-order valence-electron chi connectivity index (χ2n) is 7.12. The highest BCUT2D eigenvalue weighted by atomic mass is 32.2. The summed E-state index contributed by atoms with van der Waals surface area (Å²) >= 11 is 6.73. The second kappa shape index (κ2) is 11.0. The number of nitrogens with zero attached hydrogens (tertiary/aromatic N) is 1. The molecule has 168 valence electrons. The molecule has 0 unspecified atom stereocenters. The molecule has 5 nitrogen and oxygen atoms in total. The Balaban J connectivity index is 1.28. The van der Waals surface area contributed by atoms with Crippen LogP contribution in [0.3, 0.4) is 0 Å². The van der Waals surface area contributed by atoms with Gasteiger partial charge in [-0.15, -0.1) is 0 Å². The number of rotatable bonds is 9. The van der Waals surface area contributed by atoms with Gasteiger partial charge in [0, 0.05) is 6.42 Å². The molecule has 33 heavy (non-hydrogen) atoms. The van der Waals surface area contributed by atoms with Gasteiger partial charge in [0.15, 0.2) is 15.8 Å². The third kappa shape index (κ3) is 5.74. The van der Waals surface area contributed by atoms with Crippen LogP contribution in [0.1, 0.15) is 12.0 Å². The maximum atomic E-state index is 12.8. The molecule has 1 fully saturated rings. The first-order chi connectivity index (χ1) is 16.2. The first-order valence-electron chi connectivity index (χ1n) is 10.5. The summed E-state index contributed by atoms with van der Waals surface area (Å²) in [5.74, 6) is 2.10. The molecule has 0 radical (unpaired) electrons. The molecule has 1 aliphatic rings. The lowest BCUT2D eigenvalue weighted by Crippen LogP contribution is -2.27. The van der Waals surface area contributed by atoms with Gasteiger partial charge in [0.25, 0.3) is 5.91 Å². The topological polar surface area (TPSA) is 48.0 Å². The van der Waals surface area contributed by atoms with E-state index >= 15 is 0 Å². The molecule has 1 heterocycles. The van der Waals surface area contributed by atoms with E-state index in [2.05, 4.69) is 0 Å². The molecule has 0 aromatic heterocycles.